The molecule has 0 spiro atoms. The van der Waals surface area contributed by atoms with Crippen LogP contribution >= 0.6 is 0 Å². The van der Waals surface area contributed by atoms with Crippen molar-refractivity contribution in [3.8, 4) is 23.0 Å². The number of benzene rings is 3. The minimum Gasteiger partial charge on any atom is -0.453 e. The molecule has 3 aromatic rings. The van der Waals surface area contributed by atoms with Gasteiger partial charge < -0.3 is 9.47 Å². The van der Waals surface area contributed by atoms with Crippen molar-refractivity contribution >= 4 is 17.1 Å². The Hall–Kier alpha value is -3.01. The monoisotopic (exact) mass is 321 g/mol. The van der Waals surface area contributed by atoms with Crippen molar-refractivity contribution in [3.63, 3.8) is 0 Å². The Morgan fingerprint density at radius 2 is 1.21 bits per heavy atom. The van der Waals surface area contributed by atoms with Gasteiger partial charge in [-0.3, -0.25) is 4.90 Å². The predicted octanol–water partition coefficient (Wildman–Crippen LogP) is 6.45. The number of hydrogen-bond acceptors (Lipinski definition) is 3. The second-order valence-electron chi connectivity index (χ2n) is 5.65. The average Bonchev–Trinajstić information content (AvgIpc) is 2.55. The molecular formula is C20H16FNO2. The van der Waals surface area contributed by atoms with Gasteiger partial charge in [0.1, 0.15) is 11.4 Å². The third-order valence-corrected chi connectivity index (χ3v) is 4.22. The highest BCUT2D eigenvalue weighted by Gasteiger charge is 2.36. The lowest BCUT2D eigenvalue weighted by molar-refractivity contribution is 0.441. The second-order valence-corrected chi connectivity index (χ2v) is 5.65. The van der Waals surface area contributed by atoms with Crippen LogP contribution in [0.5, 0.6) is 23.0 Å². The lowest BCUT2D eigenvalue weighted by Crippen LogP contribution is -2.22. The van der Waals surface area contributed by atoms with Gasteiger partial charge in [0.25, 0.3) is 0 Å². The molecule has 0 saturated heterocycles. The van der Waals surface area contributed by atoms with Crippen molar-refractivity contribution in [2.45, 2.75) is 14.4 Å². The van der Waals surface area contributed by atoms with Gasteiger partial charge in [0.05, 0.1) is 5.69 Å². The molecule has 0 radical (unpaired) electrons. The van der Waals surface area contributed by atoms with Gasteiger partial charge in [-0.15, -0.1) is 0 Å². The molecule has 0 N–H and O–H groups in total. The third kappa shape index (κ3) is 1.77. The molecule has 24 heavy (non-hydrogen) atoms. The molecule has 0 unspecified atom stereocenters. The first-order valence-corrected chi connectivity index (χ1v) is 7.41. The number of fused-ring (bicyclic) bond motifs is 4. The molecule has 0 saturated carbocycles. The Morgan fingerprint density at radius 1 is 0.708 bits per heavy atom. The molecule has 3 nitrogen and oxygen atoms in total. The zero-order valence-electron chi connectivity index (χ0n) is 12.3. The summed E-state index contributed by atoms with van der Waals surface area (Å²) in [4.78, 5) is 1.91. The molecule has 0 aromatic heterocycles. The number of rotatable bonds is 0. The van der Waals surface area contributed by atoms with Crippen molar-refractivity contribution in [3.05, 3.63) is 66.0 Å². The number of para-hydroxylation sites is 3. The highest BCUT2D eigenvalue weighted by molar-refractivity contribution is 5.94. The molecule has 0 amide bonds. The zero-order valence-corrected chi connectivity index (χ0v) is 12.3. The van der Waals surface area contributed by atoms with E-state index in [1.807, 2.05) is 48.2 Å². The van der Waals surface area contributed by atoms with E-state index in [0.29, 0.717) is 28.7 Å². The SMILES string of the molecule is C.Cc1cccc2c1N1c3c(F)cccc3Oc3cccc(c31)O2. The molecule has 0 bridgehead atoms. The molecule has 0 aliphatic carbocycles. The van der Waals surface area contributed by atoms with Crippen LogP contribution in [-0.2, 0) is 0 Å². The maximum atomic E-state index is 14.6. The topological polar surface area (TPSA) is 21.7 Å². The smallest absolute Gasteiger partial charge is 0.155 e. The molecule has 2 heterocycles. The highest BCUT2D eigenvalue weighted by atomic mass is 19.1. The summed E-state index contributed by atoms with van der Waals surface area (Å²) >= 11 is 0. The molecule has 2 aliphatic rings. The molecular weight excluding hydrogens is 305 g/mol. The summed E-state index contributed by atoms with van der Waals surface area (Å²) in [6.07, 6.45) is 0. The van der Waals surface area contributed by atoms with Crippen LogP contribution in [0.2, 0.25) is 0 Å². The lowest BCUT2D eigenvalue weighted by Gasteiger charge is -2.38. The Kier molecular flexibility index (Phi) is 3.03. The van der Waals surface area contributed by atoms with Crippen LogP contribution in [-0.4, -0.2) is 0 Å². The summed E-state index contributed by atoms with van der Waals surface area (Å²) in [5.41, 5.74) is 3.03. The summed E-state index contributed by atoms with van der Waals surface area (Å²) in [5.74, 6) is 2.22. The standard InChI is InChI=1S/C19H12FNO2.CH4/c1-11-5-2-7-13-17(11)21-18-12(20)6-3-8-14(18)23-16-10-4-9-15(22-13)19(16)21;/h2-10H,1H3;1H4. The Labute approximate surface area is 139 Å². The van der Waals surface area contributed by atoms with Gasteiger partial charge in [0.15, 0.2) is 28.8 Å². The van der Waals surface area contributed by atoms with E-state index in [1.54, 1.807) is 12.1 Å². The van der Waals surface area contributed by atoms with Crippen LogP contribution in [0.15, 0.2) is 54.6 Å². The Bertz CT molecular complexity index is 861. The highest BCUT2D eigenvalue weighted by Crippen LogP contribution is 2.60. The van der Waals surface area contributed by atoms with Crippen molar-refractivity contribution < 1.29 is 13.9 Å². The average molecular weight is 321 g/mol. The molecule has 0 atom stereocenters. The van der Waals surface area contributed by atoms with Crippen LogP contribution < -0.4 is 14.4 Å². The second kappa shape index (κ2) is 4.99. The van der Waals surface area contributed by atoms with E-state index in [9.17, 15) is 4.39 Å². The number of ether oxygens (including phenoxy) is 2. The fraction of sp³-hybridized carbons (Fsp3) is 0.100. The quantitative estimate of drug-likeness (QED) is 0.327. The van der Waals surface area contributed by atoms with E-state index < -0.39 is 0 Å². The van der Waals surface area contributed by atoms with Crippen LogP contribution in [0.3, 0.4) is 0 Å². The van der Waals surface area contributed by atoms with Gasteiger partial charge in [0, 0.05) is 0 Å². The van der Waals surface area contributed by atoms with E-state index in [4.69, 9.17) is 9.47 Å². The van der Waals surface area contributed by atoms with Crippen LogP contribution in [0.25, 0.3) is 0 Å². The van der Waals surface area contributed by atoms with Crippen molar-refractivity contribution in [1.29, 1.82) is 0 Å². The normalized spacial score (nSPS) is 12.8. The number of anilines is 3. The van der Waals surface area contributed by atoms with Gasteiger partial charge in [-0.25, -0.2) is 4.39 Å². The van der Waals surface area contributed by atoms with E-state index in [-0.39, 0.29) is 13.2 Å². The fourth-order valence-electron chi connectivity index (χ4n) is 3.26. The largest absolute Gasteiger partial charge is 0.453 e. The number of hydrogen-bond donors (Lipinski definition) is 0. The first kappa shape index (κ1) is 14.6. The van der Waals surface area contributed by atoms with E-state index in [2.05, 4.69) is 0 Å². The van der Waals surface area contributed by atoms with Crippen LogP contribution in [0.1, 0.15) is 13.0 Å². The minimum absolute atomic E-state index is 0. The first-order valence-electron chi connectivity index (χ1n) is 7.41. The number of aryl methyl sites for hydroxylation is 1. The molecule has 3 aromatic carbocycles. The maximum absolute atomic E-state index is 14.6. The Morgan fingerprint density at radius 3 is 1.88 bits per heavy atom. The lowest BCUT2D eigenvalue weighted by atomic mass is 10.0. The third-order valence-electron chi connectivity index (χ3n) is 4.22. The van der Waals surface area contributed by atoms with E-state index in [0.717, 1.165) is 16.9 Å². The molecule has 4 heteroatoms. The van der Waals surface area contributed by atoms with Crippen molar-refractivity contribution in [1.82, 2.24) is 0 Å². The summed E-state index contributed by atoms with van der Waals surface area (Å²) in [6, 6.07) is 16.3. The van der Waals surface area contributed by atoms with Crippen molar-refractivity contribution in [2.75, 3.05) is 4.90 Å². The minimum atomic E-state index is -0.320. The van der Waals surface area contributed by atoms with Crippen LogP contribution in [0, 0.1) is 12.7 Å². The van der Waals surface area contributed by atoms with Crippen LogP contribution in [0.4, 0.5) is 21.5 Å². The van der Waals surface area contributed by atoms with Gasteiger partial charge in [-0.2, -0.15) is 0 Å². The fourth-order valence-corrected chi connectivity index (χ4v) is 3.26. The first-order chi connectivity index (χ1) is 11.2. The van der Waals surface area contributed by atoms with E-state index in [1.165, 1.54) is 6.07 Å². The summed E-state index contributed by atoms with van der Waals surface area (Å²) in [5, 5.41) is 0. The molecule has 2 aliphatic heterocycles. The number of nitrogens with zero attached hydrogens (tertiary/aromatic N) is 1. The summed E-state index contributed by atoms with van der Waals surface area (Å²) < 4.78 is 26.5. The van der Waals surface area contributed by atoms with Gasteiger partial charge in [-0.05, 0) is 42.8 Å². The predicted molar refractivity (Wildman–Crippen MR) is 92.7 cm³/mol. The molecule has 120 valence electrons. The number of halogens is 1. The zero-order chi connectivity index (χ0) is 15.6. The maximum Gasteiger partial charge on any atom is 0.155 e. The van der Waals surface area contributed by atoms with Gasteiger partial charge >= 0.3 is 0 Å². The Balaban J connectivity index is 0.00000146. The van der Waals surface area contributed by atoms with E-state index >= 15 is 0 Å². The summed E-state index contributed by atoms with van der Waals surface area (Å²) in [6.45, 7) is 1.99. The molecule has 5 rings (SSSR count). The molecule has 0 fully saturated rings. The van der Waals surface area contributed by atoms with Gasteiger partial charge in [-0.1, -0.05) is 31.7 Å². The van der Waals surface area contributed by atoms with Gasteiger partial charge in [0.2, 0.25) is 0 Å². The summed E-state index contributed by atoms with van der Waals surface area (Å²) in [7, 11) is 0. The van der Waals surface area contributed by atoms with Crippen molar-refractivity contribution in [2.24, 2.45) is 0 Å².